The van der Waals surface area contributed by atoms with Gasteiger partial charge in [-0.05, 0) is 25.5 Å². The first-order valence-electron chi connectivity index (χ1n) is 9.06. The average molecular weight is 384 g/mol. The number of ether oxygens (including phenoxy) is 1. The van der Waals surface area contributed by atoms with Crippen molar-refractivity contribution in [3.05, 3.63) is 40.6 Å². The Bertz CT molecular complexity index is 1070. The molecule has 4 rings (SSSR count). The molecule has 0 bridgehead atoms. The molecule has 0 saturated heterocycles. The van der Waals surface area contributed by atoms with E-state index in [2.05, 4.69) is 20.6 Å². The Labute approximate surface area is 160 Å². The lowest BCUT2D eigenvalue weighted by Crippen LogP contribution is -2.35. The van der Waals surface area contributed by atoms with Gasteiger partial charge >= 0.3 is 11.7 Å². The van der Waals surface area contributed by atoms with Gasteiger partial charge in [-0.3, -0.25) is 14.7 Å². The summed E-state index contributed by atoms with van der Waals surface area (Å²) in [4.78, 5) is 24.7. The van der Waals surface area contributed by atoms with Gasteiger partial charge in [-0.25, -0.2) is 9.48 Å². The third-order valence-electron chi connectivity index (χ3n) is 4.65. The lowest BCUT2D eigenvalue weighted by atomic mass is 9.99. The monoisotopic (exact) mass is 384 g/mol. The zero-order valence-electron chi connectivity index (χ0n) is 15.6. The van der Waals surface area contributed by atoms with Crippen LogP contribution < -0.4 is 15.7 Å². The number of carbonyl (C=O) groups is 1. The number of anilines is 1. The van der Waals surface area contributed by atoms with Crippen LogP contribution in [0.5, 0.6) is 5.75 Å². The number of amides is 1. The molecule has 146 valence electrons. The SMILES string of the molecule is CCOc1ccccc1-c1nnc(NC(=O)C2CCc3nn(C)c(=O)n3C2)o1. The molecule has 1 aliphatic heterocycles. The van der Waals surface area contributed by atoms with Crippen molar-refractivity contribution < 1.29 is 13.9 Å². The molecule has 0 fully saturated rings. The van der Waals surface area contributed by atoms with Crippen LogP contribution >= 0.6 is 0 Å². The van der Waals surface area contributed by atoms with Gasteiger partial charge in [0.1, 0.15) is 11.6 Å². The minimum Gasteiger partial charge on any atom is -0.493 e. The van der Waals surface area contributed by atoms with Crippen molar-refractivity contribution in [2.24, 2.45) is 13.0 Å². The van der Waals surface area contributed by atoms with Gasteiger partial charge in [0.05, 0.1) is 18.1 Å². The van der Waals surface area contributed by atoms with E-state index in [4.69, 9.17) is 9.15 Å². The maximum atomic E-state index is 12.6. The number of aromatic nitrogens is 5. The molecule has 2 aromatic heterocycles. The number of carbonyl (C=O) groups excluding carboxylic acids is 1. The van der Waals surface area contributed by atoms with Crippen LogP contribution in [0.25, 0.3) is 11.5 Å². The molecule has 3 aromatic rings. The van der Waals surface area contributed by atoms with E-state index in [1.165, 1.54) is 9.25 Å². The quantitative estimate of drug-likeness (QED) is 0.703. The van der Waals surface area contributed by atoms with Crippen LogP contribution in [0.4, 0.5) is 6.01 Å². The number of fused-ring (bicyclic) bond motifs is 1. The van der Waals surface area contributed by atoms with Gasteiger partial charge < -0.3 is 9.15 Å². The lowest BCUT2D eigenvalue weighted by molar-refractivity contribution is -0.120. The molecule has 0 radical (unpaired) electrons. The van der Waals surface area contributed by atoms with Gasteiger partial charge in [-0.1, -0.05) is 17.2 Å². The van der Waals surface area contributed by atoms with Crippen molar-refractivity contribution in [3.8, 4) is 17.2 Å². The van der Waals surface area contributed by atoms with Crippen LogP contribution in [0.2, 0.25) is 0 Å². The number of nitrogens with one attached hydrogen (secondary N) is 1. The summed E-state index contributed by atoms with van der Waals surface area (Å²) in [5.74, 6) is 0.940. The average Bonchev–Trinajstić information content (AvgIpc) is 3.27. The van der Waals surface area contributed by atoms with E-state index in [1.807, 2.05) is 31.2 Å². The zero-order chi connectivity index (χ0) is 19.7. The molecular formula is C18H20N6O4. The molecule has 0 saturated carbocycles. The van der Waals surface area contributed by atoms with Crippen LogP contribution in [0.3, 0.4) is 0 Å². The van der Waals surface area contributed by atoms with Crippen molar-refractivity contribution in [2.75, 3.05) is 11.9 Å². The molecule has 1 N–H and O–H groups in total. The highest BCUT2D eigenvalue weighted by molar-refractivity contribution is 5.90. The fraction of sp³-hybridized carbons (Fsp3) is 0.389. The van der Waals surface area contributed by atoms with E-state index >= 15 is 0 Å². The van der Waals surface area contributed by atoms with Gasteiger partial charge in [0.25, 0.3) is 5.89 Å². The molecular weight excluding hydrogens is 364 g/mol. The summed E-state index contributed by atoms with van der Waals surface area (Å²) in [5, 5.41) is 14.7. The molecule has 1 atom stereocenters. The molecule has 1 amide bonds. The van der Waals surface area contributed by atoms with Gasteiger partial charge in [-0.15, -0.1) is 5.10 Å². The molecule has 1 unspecified atom stereocenters. The van der Waals surface area contributed by atoms with Crippen molar-refractivity contribution in [1.82, 2.24) is 24.5 Å². The number of nitrogens with zero attached hydrogens (tertiary/aromatic N) is 5. The highest BCUT2D eigenvalue weighted by atomic mass is 16.5. The summed E-state index contributed by atoms with van der Waals surface area (Å²) >= 11 is 0. The number of para-hydroxylation sites is 1. The fourth-order valence-corrected chi connectivity index (χ4v) is 3.27. The third-order valence-corrected chi connectivity index (χ3v) is 4.65. The third kappa shape index (κ3) is 3.28. The van der Waals surface area contributed by atoms with E-state index < -0.39 is 0 Å². The summed E-state index contributed by atoms with van der Waals surface area (Å²) in [5.41, 5.74) is 0.432. The Morgan fingerprint density at radius 2 is 2.18 bits per heavy atom. The van der Waals surface area contributed by atoms with Gasteiger partial charge in [0.15, 0.2) is 0 Å². The molecule has 28 heavy (non-hydrogen) atoms. The van der Waals surface area contributed by atoms with E-state index in [0.29, 0.717) is 36.6 Å². The zero-order valence-corrected chi connectivity index (χ0v) is 15.6. The minimum absolute atomic E-state index is 0.00984. The van der Waals surface area contributed by atoms with Crippen molar-refractivity contribution in [1.29, 1.82) is 0 Å². The van der Waals surface area contributed by atoms with Gasteiger partial charge in [0, 0.05) is 20.0 Å². The normalized spacial score (nSPS) is 15.9. The van der Waals surface area contributed by atoms with E-state index in [-0.39, 0.29) is 36.0 Å². The first-order chi connectivity index (χ1) is 13.6. The number of benzene rings is 1. The highest BCUT2D eigenvalue weighted by Gasteiger charge is 2.28. The Morgan fingerprint density at radius 1 is 1.36 bits per heavy atom. The first-order valence-corrected chi connectivity index (χ1v) is 9.06. The standard InChI is InChI=1S/C18H20N6O4/c1-3-27-13-7-5-4-6-12(13)16-20-21-17(28-16)19-15(25)11-8-9-14-22-23(2)18(26)24(14)10-11/h4-7,11H,3,8-10H2,1-2H3,(H,19,21,25). The number of hydrogen-bond donors (Lipinski definition) is 1. The number of aryl methyl sites for hydroxylation is 2. The number of hydrogen-bond acceptors (Lipinski definition) is 7. The summed E-state index contributed by atoms with van der Waals surface area (Å²) in [6.45, 7) is 2.67. The van der Waals surface area contributed by atoms with Crippen LogP contribution in [-0.4, -0.2) is 37.1 Å². The van der Waals surface area contributed by atoms with Crippen LogP contribution in [-0.2, 0) is 24.8 Å². The molecule has 10 heteroatoms. The van der Waals surface area contributed by atoms with Crippen LogP contribution in [0.1, 0.15) is 19.2 Å². The summed E-state index contributed by atoms with van der Waals surface area (Å²) in [7, 11) is 1.60. The van der Waals surface area contributed by atoms with E-state index in [1.54, 1.807) is 7.05 Å². The predicted molar refractivity (Wildman–Crippen MR) is 98.8 cm³/mol. The van der Waals surface area contributed by atoms with E-state index in [0.717, 1.165) is 0 Å². The van der Waals surface area contributed by atoms with Crippen molar-refractivity contribution >= 4 is 11.9 Å². The van der Waals surface area contributed by atoms with Crippen molar-refractivity contribution in [3.63, 3.8) is 0 Å². The van der Waals surface area contributed by atoms with Gasteiger partial charge in [-0.2, -0.15) is 5.10 Å². The molecule has 0 spiro atoms. The Balaban J connectivity index is 1.48. The fourth-order valence-electron chi connectivity index (χ4n) is 3.27. The minimum atomic E-state index is -0.375. The Hall–Kier alpha value is -3.43. The first kappa shape index (κ1) is 18.0. The second-order valence-corrected chi connectivity index (χ2v) is 6.50. The molecule has 1 aliphatic rings. The maximum absolute atomic E-state index is 12.6. The largest absolute Gasteiger partial charge is 0.493 e. The smallest absolute Gasteiger partial charge is 0.345 e. The molecule has 10 nitrogen and oxygen atoms in total. The topological polar surface area (TPSA) is 117 Å². The van der Waals surface area contributed by atoms with Crippen LogP contribution in [0.15, 0.2) is 33.5 Å². The van der Waals surface area contributed by atoms with Crippen LogP contribution in [0, 0.1) is 5.92 Å². The summed E-state index contributed by atoms with van der Waals surface area (Å²) < 4.78 is 14.0. The Morgan fingerprint density at radius 3 is 3.00 bits per heavy atom. The van der Waals surface area contributed by atoms with E-state index in [9.17, 15) is 9.59 Å². The van der Waals surface area contributed by atoms with Crippen molar-refractivity contribution in [2.45, 2.75) is 26.3 Å². The maximum Gasteiger partial charge on any atom is 0.345 e. The predicted octanol–water partition coefficient (Wildman–Crippen LogP) is 1.23. The van der Waals surface area contributed by atoms with Gasteiger partial charge in [0.2, 0.25) is 5.91 Å². The molecule has 3 heterocycles. The lowest BCUT2D eigenvalue weighted by Gasteiger charge is -2.20. The molecule has 0 aliphatic carbocycles. The summed E-state index contributed by atoms with van der Waals surface area (Å²) in [6, 6.07) is 7.32. The number of rotatable bonds is 5. The molecule has 1 aromatic carbocycles. The Kier molecular flexibility index (Phi) is 4.68. The second kappa shape index (κ2) is 7.29. The highest BCUT2D eigenvalue weighted by Crippen LogP contribution is 2.30. The summed E-state index contributed by atoms with van der Waals surface area (Å²) in [6.07, 6.45) is 1.15. The second-order valence-electron chi connectivity index (χ2n) is 6.50.